The van der Waals surface area contributed by atoms with E-state index in [2.05, 4.69) is 49.0 Å². The molecule has 0 radical (unpaired) electrons. The first-order valence-electron chi connectivity index (χ1n) is 13.1. The number of rotatable bonds is 8. The molecule has 0 bridgehead atoms. The lowest BCUT2D eigenvalue weighted by Crippen LogP contribution is -2.31. The Balaban J connectivity index is 1.43. The fraction of sp³-hybridized carbons (Fsp3) is 0.290. The number of hydrogen-bond donors (Lipinski definition) is 1. The van der Waals surface area contributed by atoms with Gasteiger partial charge in [0, 0.05) is 61.3 Å². The number of methoxy groups -OCH3 is 1. The van der Waals surface area contributed by atoms with E-state index in [0.717, 1.165) is 64.5 Å². The highest BCUT2D eigenvalue weighted by molar-refractivity contribution is 9.10. The number of nitrogens with one attached hydrogen (secondary N) is 1. The van der Waals surface area contributed by atoms with Crippen molar-refractivity contribution < 1.29 is 9.53 Å². The molecule has 1 amide bonds. The van der Waals surface area contributed by atoms with E-state index < -0.39 is 0 Å². The van der Waals surface area contributed by atoms with Crippen molar-refractivity contribution in [3.05, 3.63) is 93.7 Å². The summed E-state index contributed by atoms with van der Waals surface area (Å²) in [6.07, 6.45) is 2.88. The highest BCUT2D eigenvalue weighted by Crippen LogP contribution is 2.43. The van der Waals surface area contributed by atoms with Crippen molar-refractivity contribution in [2.24, 2.45) is 0 Å². The lowest BCUT2D eigenvalue weighted by molar-refractivity contribution is 0.0773. The number of hydrogen-bond acceptors (Lipinski definition) is 4. The number of aromatic amines is 1. The van der Waals surface area contributed by atoms with E-state index in [4.69, 9.17) is 4.74 Å². The first kappa shape index (κ1) is 26.2. The highest BCUT2D eigenvalue weighted by atomic mass is 79.9. The SMILES string of the molecule is CCN(CC)C(=O)c1ccc(-c2c3c(cc(Br)c2OC)CCN(Cc2cnc(-c4ccccc4)[nH]2)C3)cc1. The number of H-pyrrole nitrogens is 1. The van der Waals surface area contributed by atoms with Gasteiger partial charge >= 0.3 is 0 Å². The Bertz CT molecular complexity index is 1410. The molecule has 0 saturated carbocycles. The number of carbonyl (C=O) groups is 1. The number of benzene rings is 3. The van der Waals surface area contributed by atoms with Crippen LogP contribution in [-0.4, -0.2) is 52.4 Å². The fourth-order valence-corrected chi connectivity index (χ4v) is 5.88. The van der Waals surface area contributed by atoms with E-state index in [9.17, 15) is 4.79 Å². The first-order valence-corrected chi connectivity index (χ1v) is 13.9. The Morgan fingerprint density at radius 2 is 1.82 bits per heavy atom. The van der Waals surface area contributed by atoms with Crippen molar-refractivity contribution in [1.29, 1.82) is 0 Å². The molecule has 196 valence electrons. The highest BCUT2D eigenvalue weighted by Gasteiger charge is 2.25. The van der Waals surface area contributed by atoms with Crippen molar-refractivity contribution in [2.75, 3.05) is 26.7 Å². The van der Waals surface area contributed by atoms with Gasteiger partial charge in [0.2, 0.25) is 0 Å². The molecule has 0 aliphatic carbocycles. The average Bonchev–Trinajstić information content (AvgIpc) is 3.42. The fourth-order valence-electron chi connectivity index (χ4n) is 5.24. The van der Waals surface area contributed by atoms with E-state index in [1.807, 2.05) is 67.4 Å². The standard InChI is InChI=1S/C31H33BrN4O2/c1-4-36(5-2)31(37)23-13-11-21(12-14-23)28-26-20-35(16-15-24(26)17-27(32)29(28)38-3)19-25-18-33-30(34-25)22-9-7-6-8-10-22/h6-14,17-18H,4-5,15-16,19-20H2,1-3H3,(H,33,34). The molecular weight excluding hydrogens is 540 g/mol. The van der Waals surface area contributed by atoms with Gasteiger partial charge in [-0.15, -0.1) is 0 Å². The molecule has 0 spiro atoms. The van der Waals surface area contributed by atoms with Crippen LogP contribution in [0.3, 0.4) is 0 Å². The van der Waals surface area contributed by atoms with Gasteiger partial charge in [0.15, 0.2) is 0 Å². The molecule has 5 rings (SSSR count). The number of nitrogens with zero attached hydrogens (tertiary/aromatic N) is 3. The lowest BCUT2D eigenvalue weighted by Gasteiger charge is -2.31. The number of amides is 1. The van der Waals surface area contributed by atoms with Crippen molar-refractivity contribution in [1.82, 2.24) is 19.8 Å². The van der Waals surface area contributed by atoms with Crippen LogP contribution in [-0.2, 0) is 19.5 Å². The van der Waals surface area contributed by atoms with Crippen LogP contribution in [0.5, 0.6) is 5.75 Å². The molecule has 0 fully saturated rings. The Labute approximate surface area is 232 Å². The van der Waals surface area contributed by atoms with Gasteiger partial charge < -0.3 is 14.6 Å². The quantitative estimate of drug-likeness (QED) is 0.260. The zero-order valence-corrected chi connectivity index (χ0v) is 23.7. The maximum absolute atomic E-state index is 12.9. The molecule has 7 heteroatoms. The van der Waals surface area contributed by atoms with E-state index in [1.165, 1.54) is 11.1 Å². The Hall–Kier alpha value is -3.42. The van der Waals surface area contributed by atoms with Crippen LogP contribution in [0.2, 0.25) is 0 Å². The predicted molar refractivity (Wildman–Crippen MR) is 155 cm³/mol. The van der Waals surface area contributed by atoms with Gasteiger partial charge in [-0.3, -0.25) is 9.69 Å². The van der Waals surface area contributed by atoms with Gasteiger partial charge in [-0.05, 0) is 71.1 Å². The van der Waals surface area contributed by atoms with Gasteiger partial charge in [-0.1, -0.05) is 42.5 Å². The normalized spacial score (nSPS) is 13.3. The summed E-state index contributed by atoms with van der Waals surface area (Å²) >= 11 is 3.74. The van der Waals surface area contributed by atoms with Crippen LogP contribution in [0, 0.1) is 0 Å². The summed E-state index contributed by atoms with van der Waals surface area (Å²) < 4.78 is 6.85. The molecule has 1 aromatic heterocycles. The summed E-state index contributed by atoms with van der Waals surface area (Å²) in [6, 6.07) is 20.3. The van der Waals surface area contributed by atoms with Crippen LogP contribution in [0.4, 0.5) is 0 Å². The summed E-state index contributed by atoms with van der Waals surface area (Å²) in [5.41, 5.74) is 7.60. The van der Waals surface area contributed by atoms with E-state index in [-0.39, 0.29) is 5.91 Å². The molecule has 0 saturated heterocycles. The van der Waals surface area contributed by atoms with E-state index in [0.29, 0.717) is 18.7 Å². The molecule has 38 heavy (non-hydrogen) atoms. The minimum atomic E-state index is 0.0605. The lowest BCUT2D eigenvalue weighted by atomic mass is 9.89. The third-order valence-corrected chi connectivity index (χ3v) is 7.85. The number of imidazole rings is 1. The summed E-state index contributed by atoms with van der Waals surface area (Å²) in [6.45, 7) is 7.95. The van der Waals surface area contributed by atoms with Crippen molar-refractivity contribution in [3.63, 3.8) is 0 Å². The minimum absolute atomic E-state index is 0.0605. The molecule has 6 nitrogen and oxygen atoms in total. The van der Waals surface area contributed by atoms with Gasteiger partial charge in [-0.25, -0.2) is 4.98 Å². The number of aromatic nitrogens is 2. The van der Waals surface area contributed by atoms with Crippen LogP contribution >= 0.6 is 15.9 Å². The smallest absolute Gasteiger partial charge is 0.253 e. The second kappa shape index (κ2) is 11.5. The van der Waals surface area contributed by atoms with Gasteiger partial charge in [0.1, 0.15) is 11.6 Å². The number of carbonyl (C=O) groups excluding carboxylic acids is 1. The van der Waals surface area contributed by atoms with Gasteiger partial charge in [-0.2, -0.15) is 0 Å². The van der Waals surface area contributed by atoms with Crippen molar-refractivity contribution in [3.8, 4) is 28.3 Å². The summed E-state index contributed by atoms with van der Waals surface area (Å²) in [5, 5.41) is 0. The number of fused-ring (bicyclic) bond motifs is 1. The van der Waals surface area contributed by atoms with Gasteiger partial charge in [0.05, 0.1) is 11.6 Å². The first-order chi connectivity index (χ1) is 18.5. The van der Waals surface area contributed by atoms with Crippen LogP contribution in [0.25, 0.3) is 22.5 Å². The monoisotopic (exact) mass is 572 g/mol. The Morgan fingerprint density at radius 3 is 2.50 bits per heavy atom. The second-order valence-electron chi connectivity index (χ2n) is 9.54. The third-order valence-electron chi connectivity index (χ3n) is 7.26. The molecule has 1 N–H and O–H groups in total. The molecular formula is C31H33BrN4O2. The van der Waals surface area contributed by atoms with Crippen molar-refractivity contribution >= 4 is 21.8 Å². The largest absolute Gasteiger partial charge is 0.495 e. The van der Waals surface area contributed by atoms with Crippen molar-refractivity contribution in [2.45, 2.75) is 33.4 Å². The third kappa shape index (κ3) is 5.26. The van der Waals surface area contributed by atoms with E-state index in [1.54, 1.807) is 7.11 Å². The molecule has 0 unspecified atom stereocenters. The summed E-state index contributed by atoms with van der Waals surface area (Å²) in [5.74, 6) is 1.77. The molecule has 4 aromatic rings. The number of halogens is 1. The predicted octanol–water partition coefficient (Wildman–Crippen LogP) is 6.56. The van der Waals surface area contributed by atoms with Gasteiger partial charge in [0.25, 0.3) is 5.91 Å². The minimum Gasteiger partial charge on any atom is -0.495 e. The van der Waals surface area contributed by atoms with E-state index >= 15 is 0 Å². The Morgan fingerprint density at radius 1 is 1.08 bits per heavy atom. The zero-order chi connectivity index (χ0) is 26.6. The molecule has 0 atom stereocenters. The molecule has 1 aliphatic rings. The summed E-state index contributed by atoms with van der Waals surface area (Å²) in [4.78, 5) is 25.2. The van der Waals surface area contributed by atoms with Crippen LogP contribution in [0.1, 0.15) is 41.0 Å². The van der Waals surface area contributed by atoms with Crippen LogP contribution < -0.4 is 4.74 Å². The maximum Gasteiger partial charge on any atom is 0.253 e. The second-order valence-corrected chi connectivity index (χ2v) is 10.4. The molecule has 2 heterocycles. The Kier molecular flexibility index (Phi) is 7.95. The average molecular weight is 574 g/mol. The topological polar surface area (TPSA) is 61.5 Å². The zero-order valence-electron chi connectivity index (χ0n) is 22.1. The number of ether oxygens (including phenoxy) is 1. The molecule has 1 aliphatic heterocycles. The molecule has 3 aromatic carbocycles. The van der Waals surface area contributed by atoms with Crippen LogP contribution in [0.15, 0.2) is 71.3 Å². The maximum atomic E-state index is 12.9. The summed E-state index contributed by atoms with van der Waals surface area (Å²) in [7, 11) is 1.71.